The summed E-state index contributed by atoms with van der Waals surface area (Å²) >= 11 is 0. The number of halogens is 1. The van der Waals surface area contributed by atoms with Crippen molar-refractivity contribution in [1.29, 1.82) is 0 Å². The molecule has 0 radical (unpaired) electrons. The number of hydrogen-bond donors (Lipinski definition) is 1. The van der Waals surface area contributed by atoms with Crippen LogP contribution in [0.4, 0.5) is 5.95 Å². The summed E-state index contributed by atoms with van der Waals surface area (Å²) in [4.78, 5) is 20.3. The molecule has 32 heavy (non-hydrogen) atoms. The van der Waals surface area contributed by atoms with E-state index in [9.17, 15) is 4.79 Å². The van der Waals surface area contributed by atoms with Gasteiger partial charge in [0.2, 0.25) is 5.95 Å². The summed E-state index contributed by atoms with van der Waals surface area (Å²) in [6, 6.07) is 5.75. The Bertz CT molecular complexity index is 1380. The summed E-state index contributed by atoms with van der Waals surface area (Å²) in [6.45, 7) is 3.92. The van der Waals surface area contributed by atoms with Crippen molar-refractivity contribution in [1.82, 2.24) is 33.9 Å². The lowest BCUT2D eigenvalue weighted by Crippen LogP contribution is -2.44. The summed E-state index contributed by atoms with van der Waals surface area (Å²) in [5, 5.41) is 12.7. The lowest BCUT2D eigenvalue weighted by molar-refractivity contribution is 0.496. The van der Waals surface area contributed by atoms with E-state index < -0.39 is 0 Å². The standard InChI is InChI=1S/C21H23N9O.ClH/c1-2-3-10-29-19-16(24-21(29)27-9-6-7-15(22)13-27)12-23-30(20(19)31)14-18-26-25-17-8-4-5-11-28(17)18;/h4-5,8,11-12,15H,6-7,9-10,13-14,22H2,1H3;1H. The highest BCUT2D eigenvalue weighted by atomic mass is 35.5. The third-order valence-electron chi connectivity index (χ3n) is 5.56. The van der Waals surface area contributed by atoms with Gasteiger partial charge in [-0.3, -0.25) is 13.8 Å². The van der Waals surface area contributed by atoms with Crippen molar-refractivity contribution < 1.29 is 0 Å². The molecule has 1 saturated heterocycles. The van der Waals surface area contributed by atoms with Crippen LogP contribution in [0, 0.1) is 11.8 Å². The van der Waals surface area contributed by atoms with E-state index >= 15 is 0 Å². The van der Waals surface area contributed by atoms with Gasteiger partial charge in [-0.05, 0) is 31.9 Å². The maximum Gasteiger partial charge on any atom is 0.293 e. The van der Waals surface area contributed by atoms with Crippen molar-refractivity contribution in [3.63, 3.8) is 0 Å². The van der Waals surface area contributed by atoms with Crippen LogP contribution in [0.15, 0.2) is 35.4 Å². The molecule has 0 aromatic carbocycles. The van der Waals surface area contributed by atoms with Gasteiger partial charge in [0.1, 0.15) is 17.6 Å². The zero-order chi connectivity index (χ0) is 21.4. The Morgan fingerprint density at radius 2 is 2.16 bits per heavy atom. The van der Waals surface area contributed by atoms with E-state index in [2.05, 4.69) is 32.0 Å². The van der Waals surface area contributed by atoms with Crippen LogP contribution in [0.2, 0.25) is 0 Å². The molecular formula is C21H24ClN9O. The minimum absolute atomic E-state index is 0. The zero-order valence-corrected chi connectivity index (χ0v) is 18.5. The van der Waals surface area contributed by atoms with Crippen molar-refractivity contribution >= 4 is 35.0 Å². The van der Waals surface area contributed by atoms with Gasteiger partial charge in [0.15, 0.2) is 11.5 Å². The highest BCUT2D eigenvalue weighted by Crippen LogP contribution is 2.23. The summed E-state index contributed by atoms with van der Waals surface area (Å²) < 4.78 is 5.13. The van der Waals surface area contributed by atoms with Crippen LogP contribution in [-0.4, -0.2) is 53.1 Å². The Morgan fingerprint density at radius 1 is 1.28 bits per heavy atom. The molecule has 11 heteroatoms. The lowest BCUT2D eigenvalue weighted by Gasteiger charge is -2.31. The van der Waals surface area contributed by atoms with Crippen molar-refractivity contribution in [2.24, 2.45) is 5.73 Å². The van der Waals surface area contributed by atoms with Gasteiger partial charge >= 0.3 is 0 Å². The maximum atomic E-state index is 13.4. The van der Waals surface area contributed by atoms with Crippen molar-refractivity contribution in [3.05, 3.63) is 46.8 Å². The number of anilines is 1. The Balaban J connectivity index is 0.00000245. The predicted octanol–water partition coefficient (Wildman–Crippen LogP) is 1.06. The van der Waals surface area contributed by atoms with Gasteiger partial charge in [-0.2, -0.15) is 5.10 Å². The van der Waals surface area contributed by atoms with E-state index in [-0.39, 0.29) is 30.6 Å². The molecule has 0 saturated carbocycles. The zero-order valence-electron chi connectivity index (χ0n) is 17.7. The molecule has 1 aliphatic rings. The molecule has 0 bridgehead atoms. The van der Waals surface area contributed by atoms with Crippen LogP contribution < -0.4 is 16.2 Å². The van der Waals surface area contributed by atoms with Crippen LogP contribution in [0.25, 0.3) is 16.7 Å². The van der Waals surface area contributed by atoms with Crippen LogP contribution in [-0.2, 0) is 13.1 Å². The van der Waals surface area contributed by atoms with E-state index in [0.717, 1.165) is 31.0 Å². The second kappa shape index (κ2) is 8.98. The molecule has 10 nitrogen and oxygen atoms in total. The molecule has 4 aromatic rings. The van der Waals surface area contributed by atoms with Gasteiger partial charge in [-0.25, -0.2) is 9.67 Å². The molecule has 0 aliphatic carbocycles. The molecule has 1 atom stereocenters. The van der Waals surface area contributed by atoms with Gasteiger partial charge < -0.3 is 10.6 Å². The van der Waals surface area contributed by atoms with Crippen molar-refractivity contribution in [2.45, 2.75) is 38.9 Å². The number of hydrogen-bond acceptors (Lipinski definition) is 7. The van der Waals surface area contributed by atoms with E-state index in [4.69, 9.17) is 10.7 Å². The summed E-state index contributed by atoms with van der Waals surface area (Å²) in [7, 11) is 0. The van der Waals surface area contributed by atoms with Crippen LogP contribution in [0.1, 0.15) is 25.6 Å². The smallest absolute Gasteiger partial charge is 0.293 e. The number of pyridine rings is 1. The van der Waals surface area contributed by atoms with Gasteiger partial charge in [-0.1, -0.05) is 12.0 Å². The number of fused-ring (bicyclic) bond motifs is 2. The predicted molar refractivity (Wildman–Crippen MR) is 124 cm³/mol. The number of nitrogens with two attached hydrogens (primary N) is 1. The first kappa shape index (κ1) is 21.8. The van der Waals surface area contributed by atoms with Crippen molar-refractivity contribution in [2.75, 3.05) is 18.0 Å². The van der Waals surface area contributed by atoms with E-state index in [1.54, 1.807) is 13.1 Å². The molecule has 5 heterocycles. The average molecular weight is 454 g/mol. The minimum Gasteiger partial charge on any atom is -0.341 e. The third-order valence-corrected chi connectivity index (χ3v) is 5.56. The lowest BCUT2D eigenvalue weighted by atomic mass is 10.1. The Labute approximate surface area is 190 Å². The molecule has 166 valence electrons. The van der Waals surface area contributed by atoms with E-state index in [0.29, 0.717) is 29.9 Å². The fourth-order valence-corrected chi connectivity index (χ4v) is 4.06. The molecular weight excluding hydrogens is 430 g/mol. The quantitative estimate of drug-likeness (QED) is 0.459. The fraction of sp³-hybridized carbons (Fsp3) is 0.381. The molecule has 0 amide bonds. The first-order valence-electron chi connectivity index (χ1n) is 10.3. The fourth-order valence-electron chi connectivity index (χ4n) is 4.06. The van der Waals surface area contributed by atoms with E-state index in [1.807, 2.05) is 33.4 Å². The van der Waals surface area contributed by atoms with Crippen LogP contribution in [0.5, 0.6) is 0 Å². The molecule has 1 unspecified atom stereocenters. The molecule has 0 spiro atoms. The largest absolute Gasteiger partial charge is 0.341 e. The van der Waals surface area contributed by atoms with Crippen LogP contribution >= 0.6 is 12.4 Å². The first-order chi connectivity index (χ1) is 15.2. The number of piperidine rings is 1. The number of nitrogens with zero attached hydrogens (tertiary/aromatic N) is 8. The topological polar surface area (TPSA) is 112 Å². The summed E-state index contributed by atoms with van der Waals surface area (Å²) in [5.74, 6) is 7.33. The molecule has 4 aromatic heterocycles. The number of rotatable bonds is 4. The summed E-state index contributed by atoms with van der Waals surface area (Å²) in [6.07, 6.45) is 5.48. The van der Waals surface area contributed by atoms with Gasteiger partial charge in [0.25, 0.3) is 5.56 Å². The Kier molecular flexibility index (Phi) is 6.12. The van der Waals surface area contributed by atoms with E-state index in [1.165, 1.54) is 4.68 Å². The van der Waals surface area contributed by atoms with Gasteiger partial charge in [0.05, 0.1) is 12.7 Å². The first-order valence-corrected chi connectivity index (χ1v) is 10.3. The number of imidazole rings is 1. The van der Waals surface area contributed by atoms with Gasteiger partial charge in [-0.15, -0.1) is 28.5 Å². The Morgan fingerprint density at radius 3 is 2.97 bits per heavy atom. The second-order valence-corrected chi connectivity index (χ2v) is 7.66. The Hall–Kier alpha value is -3.42. The minimum atomic E-state index is -0.233. The van der Waals surface area contributed by atoms with Crippen LogP contribution in [0.3, 0.4) is 0 Å². The second-order valence-electron chi connectivity index (χ2n) is 7.66. The van der Waals surface area contributed by atoms with Crippen molar-refractivity contribution in [3.8, 4) is 11.8 Å². The highest BCUT2D eigenvalue weighted by molar-refractivity contribution is 5.85. The molecule has 5 rings (SSSR count). The monoisotopic (exact) mass is 453 g/mol. The SMILES string of the molecule is CC#CCn1c(N2CCCC(N)C2)nc2cnn(Cc3nnc4ccccn34)c(=O)c21.Cl. The maximum absolute atomic E-state index is 13.4. The summed E-state index contributed by atoms with van der Waals surface area (Å²) in [5.41, 5.74) is 7.71. The van der Waals surface area contributed by atoms with Gasteiger partial charge in [0, 0.05) is 25.3 Å². The highest BCUT2D eigenvalue weighted by Gasteiger charge is 2.24. The number of aromatic nitrogens is 7. The molecule has 1 fully saturated rings. The normalized spacial score (nSPS) is 16.1. The third kappa shape index (κ3) is 3.81. The average Bonchev–Trinajstić information content (AvgIpc) is 3.36. The molecule has 2 N–H and O–H groups in total. The molecule has 1 aliphatic heterocycles.